The van der Waals surface area contributed by atoms with Crippen molar-refractivity contribution in [1.82, 2.24) is 9.38 Å². The van der Waals surface area contributed by atoms with E-state index in [2.05, 4.69) is 4.98 Å². The summed E-state index contributed by atoms with van der Waals surface area (Å²) in [5.41, 5.74) is 0.589. The van der Waals surface area contributed by atoms with E-state index in [4.69, 9.17) is 4.74 Å². The van der Waals surface area contributed by atoms with E-state index in [1.807, 2.05) is 0 Å². The third-order valence-electron chi connectivity index (χ3n) is 4.55. The summed E-state index contributed by atoms with van der Waals surface area (Å²) in [5, 5.41) is 9.43. The number of carbonyl (C=O) groups excluding carboxylic acids is 1. The highest BCUT2D eigenvalue weighted by molar-refractivity contribution is 5.97. The topological polar surface area (TPSA) is 63.8 Å². The van der Waals surface area contributed by atoms with Gasteiger partial charge < -0.3 is 9.84 Å². The zero-order valence-electron chi connectivity index (χ0n) is 16.0. The fourth-order valence-corrected chi connectivity index (χ4v) is 3.00. The van der Waals surface area contributed by atoms with Gasteiger partial charge in [-0.3, -0.25) is 9.20 Å². The van der Waals surface area contributed by atoms with Crippen LogP contribution in [-0.2, 0) is 6.61 Å². The molecule has 0 unspecified atom stereocenters. The maximum absolute atomic E-state index is 13.8. The van der Waals surface area contributed by atoms with Crippen LogP contribution in [0.25, 0.3) is 5.65 Å². The molecule has 3 rings (SSSR count). The van der Waals surface area contributed by atoms with Crippen molar-refractivity contribution in [3.8, 4) is 5.75 Å². The fourth-order valence-electron chi connectivity index (χ4n) is 3.00. The summed E-state index contributed by atoms with van der Waals surface area (Å²) in [6, 6.07) is 6.93. The number of aliphatic hydroxyl groups is 1. The van der Waals surface area contributed by atoms with Gasteiger partial charge in [-0.25, -0.2) is 13.8 Å². The van der Waals surface area contributed by atoms with Crippen molar-refractivity contribution in [2.75, 3.05) is 6.61 Å². The number of ketones is 1. The number of benzene rings is 1. The number of nitrogens with zero attached hydrogens (tertiary/aromatic N) is 2. The zero-order valence-corrected chi connectivity index (χ0v) is 16.0. The van der Waals surface area contributed by atoms with Crippen molar-refractivity contribution >= 4 is 11.4 Å². The second-order valence-corrected chi connectivity index (χ2v) is 7.52. The van der Waals surface area contributed by atoms with E-state index in [0.29, 0.717) is 22.8 Å². The molecule has 3 aromatic rings. The number of rotatable bonds is 7. The molecule has 0 amide bonds. The average molecular weight is 388 g/mol. The smallest absolute Gasteiger partial charge is 0.182 e. The molecule has 5 nitrogen and oxygen atoms in total. The molecule has 28 heavy (non-hydrogen) atoms. The van der Waals surface area contributed by atoms with Gasteiger partial charge in [0.15, 0.2) is 17.2 Å². The van der Waals surface area contributed by atoms with Crippen LogP contribution < -0.4 is 4.74 Å². The van der Waals surface area contributed by atoms with Crippen LogP contribution in [0.5, 0.6) is 5.75 Å². The second kappa shape index (κ2) is 7.67. The summed E-state index contributed by atoms with van der Waals surface area (Å²) < 4.78 is 34.9. The Hall–Kier alpha value is -2.80. The monoisotopic (exact) mass is 388 g/mol. The molecular weight excluding hydrogens is 366 g/mol. The van der Waals surface area contributed by atoms with Crippen LogP contribution in [0.1, 0.15) is 42.0 Å². The van der Waals surface area contributed by atoms with Crippen molar-refractivity contribution in [2.45, 2.75) is 33.8 Å². The Morgan fingerprint density at radius 2 is 1.89 bits per heavy atom. The minimum atomic E-state index is -0.687. The lowest BCUT2D eigenvalue weighted by molar-refractivity contribution is 0.0852. The summed E-state index contributed by atoms with van der Waals surface area (Å²) >= 11 is 0. The van der Waals surface area contributed by atoms with E-state index in [-0.39, 0.29) is 31.0 Å². The predicted octanol–water partition coefficient (Wildman–Crippen LogP) is 4.09. The molecule has 0 saturated carbocycles. The second-order valence-electron chi connectivity index (χ2n) is 7.52. The SMILES string of the molecule is Cc1nc2c(OCc3c(F)cccc3F)cccn2c1C(=O)CC(C)(C)CO. The fraction of sp³-hybridized carbons (Fsp3) is 0.333. The number of Topliss-reactive ketones (excluding diaryl/α,β-unsaturated/α-hetero) is 1. The van der Waals surface area contributed by atoms with Crippen molar-refractivity contribution in [2.24, 2.45) is 5.41 Å². The Balaban J connectivity index is 1.93. The van der Waals surface area contributed by atoms with E-state index in [9.17, 15) is 18.7 Å². The normalized spacial score (nSPS) is 11.8. The van der Waals surface area contributed by atoms with Gasteiger partial charge in [-0.05, 0) is 36.6 Å². The van der Waals surface area contributed by atoms with Crippen LogP contribution in [0.3, 0.4) is 0 Å². The largest absolute Gasteiger partial charge is 0.485 e. The minimum absolute atomic E-state index is 0.114. The number of pyridine rings is 1. The number of aryl methyl sites for hydroxylation is 1. The van der Waals surface area contributed by atoms with E-state index in [1.54, 1.807) is 43.5 Å². The molecule has 0 radical (unpaired) electrons. The van der Waals surface area contributed by atoms with Gasteiger partial charge in [0, 0.05) is 19.2 Å². The van der Waals surface area contributed by atoms with Crippen LogP contribution in [0, 0.1) is 24.0 Å². The molecule has 7 heteroatoms. The molecule has 1 N–H and O–H groups in total. The highest BCUT2D eigenvalue weighted by atomic mass is 19.1. The first kappa shape index (κ1) is 19.9. The van der Waals surface area contributed by atoms with Gasteiger partial charge in [-0.15, -0.1) is 0 Å². The summed E-state index contributed by atoms with van der Waals surface area (Å²) in [4.78, 5) is 17.2. The number of fused-ring (bicyclic) bond motifs is 1. The van der Waals surface area contributed by atoms with Gasteiger partial charge in [-0.2, -0.15) is 0 Å². The van der Waals surface area contributed by atoms with Crippen molar-refractivity contribution in [3.63, 3.8) is 0 Å². The summed E-state index contributed by atoms with van der Waals surface area (Å²) in [6.07, 6.45) is 1.84. The Bertz CT molecular complexity index is 1010. The number of aliphatic hydroxyl groups excluding tert-OH is 1. The standard InChI is InChI=1S/C21H22F2N2O3/c1-13-19(17(27)10-21(2,3)12-26)25-9-5-8-18(20(25)24-13)28-11-14-15(22)6-4-7-16(14)23/h4-9,26H,10-12H2,1-3H3. The lowest BCUT2D eigenvalue weighted by Crippen LogP contribution is -2.22. The first-order valence-corrected chi connectivity index (χ1v) is 8.91. The van der Waals surface area contributed by atoms with E-state index >= 15 is 0 Å². The van der Waals surface area contributed by atoms with E-state index in [1.165, 1.54) is 18.2 Å². The Labute approximate surface area is 161 Å². The van der Waals surface area contributed by atoms with Crippen LogP contribution in [-0.4, -0.2) is 26.9 Å². The molecule has 0 fully saturated rings. The van der Waals surface area contributed by atoms with Gasteiger partial charge >= 0.3 is 0 Å². The van der Waals surface area contributed by atoms with Crippen molar-refractivity contribution in [1.29, 1.82) is 0 Å². The predicted molar refractivity (Wildman–Crippen MR) is 100 cm³/mol. The van der Waals surface area contributed by atoms with E-state index in [0.717, 1.165) is 0 Å². The Kier molecular flexibility index (Phi) is 5.47. The molecule has 148 valence electrons. The molecular formula is C21H22F2N2O3. The number of hydrogen-bond donors (Lipinski definition) is 1. The number of imidazole rings is 1. The minimum Gasteiger partial charge on any atom is -0.485 e. The number of hydrogen-bond acceptors (Lipinski definition) is 4. The number of aromatic nitrogens is 2. The van der Waals surface area contributed by atoms with Crippen molar-refractivity contribution < 1.29 is 23.4 Å². The summed E-state index contributed by atoms with van der Waals surface area (Å²) in [7, 11) is 0. The number of halogens is 2. The number of ether oxygens (including phenoxy) is 1. The lowest BCUT2D eigenvalue weighted by Gasteiger charge is -2.20. The Morgan fingerprint density at radius 1 is 1.21 bits per heavy atom. The molecule has 0 spiro atoms. The maximum atomic E-state index is 13.8. The third kappa shape index (κ3) is 3.89. The maximum Gasteiger partial charge on any atom is 0.182 e. The van der Waals surface area contributed by atoms with Gasteiger partial charge in [0.2, 0.25) is 0 Å². The van der Waals surface area contributed by atoms with Crippen LogP contribution in [0.2, 0.25) is 0 Å². The first-order chi connectivity index (χ1) is 13.2. The highest BCUT2D eigenvalue weighted by Crippen LogP contribution is 2.27. The van der Waals surface area contributed by atoms with Crippen molar-refractivity contribution in [3.05, 3.63) is 65.1 Å². The molecule has 1 aromatic carbocycles. The number of carbonyl (C=O) groups is 1. The van der Waals surface area contributed by atoms with Crippen LogP contribution in [0.15, 0.2) is 36.5 Å². The van der Waals surface area contributed by atoms with Gasteiger partial charge in [0.05, 0.1) is 11.3 Å². The quantitative estimate of drug-likeness (QED) is 0.619. The molecule has 2 aromatic heterocycles. The molecule has 0 bridgehead atoms. The lowest BCUT2D eigenvalue weighted by atomic mass is 9.87. The molecule has 0 aliphatic carbocycles. The average Bonchev–Trinajstić information content (AvgIpc) is 2.97. The van der Waals surface area contributed by atoms with Gasteiger partial charge in [0.1, 0.15) is 23.9 Å². The summed E-state index contributed by atoms with van der Waals surface area (Å²) in [5.74, 6) is -1.21. The van der Waals surface area contributed by atoms with E-state index < -0.39 is 17.0 Å². The van der Waals surface area contributed by atoms with Gasteiger partial charge in [0.25, 0.3) is 0 Å². The molecule has 0 atom stereocenters. The van der Waals surface area contributed by atoms with Crippen LogP contribution in [0.4, 0.5) is 8.78 Å². The zero-order chi connectivity index (χ0) is 20.5. The van der Waals surface area contributed by atoms with Gasteiger partial charge in [-0.1, -0.05) is 19.9 Å². The molecule has 0 saturated heterocycles. The third-order valence-corrected chi connectivity index (χ3v) is 4.55. The first-order valence-electron chi connectivity index (χ1n) is 8.91. The molecule has 2 heterocycles. The Morgan fingerprint density at radius 3 is 2.54 bits per heavy atom. The van der Waals surface area contributed by atoms with Crippen LogP contribution >= 0.6 is 0 Å². The summed E-state index contributed by atoms with van der Waals surface area (Å²) in [6.45, 7) is 4.91. The highest BCUT2D eigenvalue weighted by Gasteiger charge is 2.26. The molecule has 0 aliphatic heterocycles. The molecule has 0 aliphatic rings.